The van der Waals surface area contributed by atoms with E-state index in [0.29, 0.717) is 0 Å². The predicted octanol–water partition coefficient (Wildman–Crippen LogP) is -0.399. The van der Waals surface area contributed by atoms with Crippen LogP contribution in [-0.4, -0.2) is 44.6 Å². The van der Waals surface area contributed by atoms with E-state index in [-0.39, 0.29) is 6.54 Å². The summed E-state index contributed by atoms with van der Waals surface area (Å²) in [5.74, 6) is -1.80. The lowest BCUT2D eigenvalue weighted by Crippen LogP contribution is -2.44. The third-order valence-electron chi connectivity index (χ3n) is 3.43. The Bertz CT molecular complexity index is 854. The quantitative estimate of drug-likeness (QED) is 0.776. The standard InChI is InChI=1S/C16H17N3O5/c1-17(11-15(22)23)14(21)10-19-13(20)7-8-18(16(19)24)9-12-5-3-2-4-6-12/h2-8H,9-11H2,1H3,(H,22,23). The SMILES string of the molecule is CN(CC(=O)O)C(=O)Cn1c(=O)ccn(Cc2ccccc2)c1=O. The molecule has 0 radical (unpaired) electrons. The summed E-state index contributed by atoms with van der Waals surface area (Å²) in [6, 6.07) is 10.4. The van der Waals surface area contributed by atoms with Crippen LogP contribution < -0.4 is 11.2 Å². The second-order valence-electron chi connectivity index (χ2n) is 5.28. The van der Waals surface area contributed by atoms with E-state index >= 15 is 0 Å². The number of carboxylic acids is 1. The lowest BCUT2D eigenvalue weighted by molar-refractivity contribution is -0.143. The lowest BCUT2D eigenvalue weighted by atomic mass is 10.2. The van der Waals surface area contributed by atoms with Gasteiger partial charge in [-0.2, -0.15) is 0 Å². The molecule has 0 aliphatic rings. The number of aromatic nitrogens is 2. The van der Waals surface area contributed by atoms with Gasteiger partial charge >= 0.3 is 11.7 Å². The van der Waals surface area contributed by atoms with Crippen molar-refractivity contribution in [2.75, 3.05) is 13.6 Å². The third kappa shape index (κ3) is 4.19. The van der Waals surface area contributed by atoms with Crippen molar-refractivity contribution in [1.29, 1.82) is 0 Å². The van der Waals surface area contributed by atoms with Gasteiger partial charge in [0.05, 0.1) is 6.54 Å². The molecule has 8 nitrogen and oxygen atoms in total. The molecule has 1 aromatic heterocycles. The molecule has 8 heteroatoms. The molecular weight excluding hydrogens is 314 g/mol. The fourth-order valence-electron chi connectivity index (χ4n) is 2.15. The first-order valence-electron chi connectivity index (χ1n) is 7.18. The summed E-state index contributed by atoms with van der Waals surface area (Å²) < 4.78 is 2.12. The summed E-state index contributed by atoms with van der Waals surface area (Å²) in [7, 11) is 1.30. The van der Waals surface area contributed by atoms with Gasteiger partial charge in [0, 0.05) is 19.3 Å². The number of carbonyl (C=O) groups is 2. The van der Waals surface area contributed by atoms with Crippen molar-refractivity contribution in [2.24, 2.45) is 0 Å². The van der Waals surface area contributed by atoms with E-state index in [1.165, 1.54) is 23.9 Å². The smallest absolute Gasteiger partial charge is 0.331 e. The van der Waals surface area contributed by atoms with E-state index < -0.39 is 36.2 Å². The number of likely N-dealkylation sites (N-methyl/N-ethyl adjacent to an activating group) is 1. The minimum atomic E-state index is -1.17. The Morgan fingerprint density at radius 1 is 1.12 bits per heavy atom. The molecular formula is C16H17N3O5. The topological polar surface area (TPSA) is 102 Å². The van der Waals surface area contributed by atoms with Gasteiger partial charge in [0.1, 0.15) is 13.1 Å². The highest BCUT2D eigenvalue weighted by atomic mass is 16.4. The zero-order chi connectivity index (χ0) is 17.7. The van der Waals surface area contributed by atoms with Crippen molar-refractivity contribution in [3.05, 3.63) is 69.0 Å². The molecule has 24 heavy (non-hydrogen) atoms. The van der Waals surface area contributed by atoms with Crippen molar-refractivity contribution in [1.82, 2.24) is 14.0 Å². The van der Waals surface area contributed by atoms with E-state index in [4.69, 9.17) is 5.11 Å². The summed E-state index contributed by atoms with van der Waals surface area (Å²) in [4.78, 5) is 47.9. The van der Waals surface area contributed by atoms with E-state index in [1.807, 2.05) is 30.3 Å². The highest BCUT2D eigenvalue weighted by Gasteiger charge is 2.15. The monoisotopic (exact) mass is 331 g/mol. The molecule has 1 N–H and O–H groups in total. The molecule has 0 unspecified atom stereocenters. The molecule has 126 valence electrons. The second-order valence-corrected chi connectivity index (χ2v) is 5.28. The molecule has 2 aromatic rings. The fourth-order valence-corrected chi connectivity index (χ4v) is 2.15. The third-order valence-corrected chi connectivity index (χ3v) is 3.43. The van der Waals surface area contributed by atoms with Crippen molar-refractivity contribution in [3.63, 3.8) is 0 Å². The molecule has 1 aromatic carbocycles. The average molecular weight is 331 g/mol. The van der Waals surface area contributed by atoms with Crippen molar-refractivity contribution in [2.45, 2.75) is 13.1 Å². The molecule has 0 aliphatic carbocycles. The summed E-state index contributed by atoms with van der Waals surface area (Å²) in [6.45, 7) is -0.741. The Morgan fingerprint density at radius 2 is 1.79 bits per heavy atom. The van der Waals surface area contributed by atoms with Gasteiger partial charge < -0.3 is 10.0 Å². The summed E-state index contributed by atoms with van der Waals surface area (Å²) in [5.41, 5.74) is -0.357. The normalized spacial score (nSPS) is 10.4. The van der Waals surface area contributed by atoms with Gasteiger partial charge in [-0.05, 0) is 5.56 Å². The highest BCUT2D eigenvalue weighted by molar-refractivity contribution is 5.80. The maximum Gasteiger partial charge on any atom is 0.331 e. The number of aliphatic carboxylic acids is 1. The van der Waals surface area contributed by atoms with Crippen LogP contribution in [0.1, 0.15) is 5.56 Å². The summed E-state index contributed by atoms with van der Waals surface area (Å²) in [6.07, 6.45) is 1.37. The zero-order valence-corrected chi connectivity index (χ0v) is 13.1. The summed E-state index contributed by atoms with van der Waals surface area (Å²) >= 11 is 0. The molecule has 0 saturated heterocycles. The number of benzene rings is 1. The minimum absolute atomic E-state index is 0.263. The Balaban J connectivity index is 2.26. The van der Waals surface area contributed by atoms with E-state index in [1.54, 1.807) is 0 Å². The number of carboxylic acid groups (broad SMARTS) is 1. The van der Waals surface area contributed by atoms with Crippen LogP contribution >= 0.6 is 0 Å². The zero-order valence-electron chi connectivity index (χ0n) is 13.1. The van der Waals surface area contributed by atoms with Gasteiger partial charge in [-0.1, -0.05) is 30.3 Å². The number of hydrogen-bond donors (Lipinski definition) is 1. The van der Waals surface area contributed by atoms with Crippen LogP contribution in [0.4, 0.5) is 0 Å². The fraction of sp³-hybridized carbons (Fsp3) is 0.250. The number of rotatable bonds is 6. The van der Waals surface area contributed by atoms with Gasteiger partial charge in [0.15, 0.2) is 0 Å². The largest absolute Gasteiger partial charge is 0.480 e. The number of hydrogen-bond acceptors (Lipinski definition) is 4. The Kier molecular flexibility index (Phi) is 5.31. The average Bonchev–Trinajstić information content (AvgIpc) is 2.54. The molecule has 1 heterocycles. The van der Waals surface area contributed by atoms with Crippen LogP contribution in [0.3, 0.4) is 0 Å². The van der Waals surface area contributed by atoms with Crippen LogP contribution in [0.5, 0.6) is 0 Å². The maximum absolute atomic E-state index is 12.4. The van der Waals surface area contributed by atoms with Gasteiger partial charge in [0.25, 0.3) is 5.56 Å². The molecule has 0 aliphatic heterocycles. The first-order chi connectivity index (χ1) is 11.4. The molecule has 0 spiro atoms. The molecule has 0 bridgehead atoms. The van der Waals surface area contributed by atoms with Crippen LogP contribution in [0, 0.1) is 0 Å². The Labute approximate surface area is 137 Å². The molecule has 0 saturated carbocycles. The Hall–Kier alpha value is -3.16. The van der Waals surface area contributed by atoms with E-state index in [0.717, 1.165) is 15.0 Å². The first-order valence-corrected chi connectivity index (χ1v) is 7.18. The van der Waals surface area contributed by atoms with Gasteiger partial charge in [-0.25, -0.2) is 4.79 Å². The van der Waals surface area contributed by atoms with Gasteiger partial charge in [-0.3, -0.25) is 23.5 Å². The second kappa shape index (κ2) is 7.40. The van der Waals surface area contributed by atoms with Crippen LogP contribution in [0.2, 0.25) is 0 Å². The van der Waals surface area contributed by atoms with Crippen molar-refractivity contribution in [3.8, 4) is 0 Å². The minimum Gasteiger partial charge on any atom is -0.480 e. The highest BCUT2D eigenvalue weighted by Crippen LogP contribution is 1.99. The molecule has 1 amide bonds. The van der Waals surface area contributed by atoms with Crippen LogP contribution in [0.25, 0.3) is 0 Å². The number of carbonyl (C=O) groups excluding carboxylic acids is 1. The molecule has 2 rings (SSSR count). The molecule has 0 fully saturated rings. The first kappa shape index (κ1) is 17.2. The van der Waals surface area contributed by atoms with Crippen molar-refractivity contribution >= 4 is 11.9 Å². The van der Waals surface area contributed by atoms with Gasteiger partial charge in [0.2, 0.25) is 5.91 Å². The number of amides is 1. The maximum atomic E-state index is 12.4. The van der Waals surface area contributed by atoms with Gasteiger partial charge in [-0.15, -0.1) is 0 Å². The van der Waals surface area contributed by atoms with E-state index in [2.05, 4.69) is 0 Å². The lowest BCUT2D eigenvalue weighted by Gasteiger charge is -2.15. The van der Waals surface area contributed by atoms with Crippen LogP contribution in [0.15, 0.2) is 52.2 Å². The Morgan fingerprint density at radius 3 is 2.42 bits per heavy atom. The van der Waals surface area contributed by atoms with E-state index in [9.17, 15) is 19.2 Å². The molecule has 0 atom stereocenters. The summed E-state index contributed by atoms with van der Waals surface area (Å²) in [5, 5.41) is 8.69. The van der Waals surface area contributed by atoms with Crippen LogP contribution in [-0.2, 0) is 22.7 Å². The predicted molar refractivity (Wildman–Crippen MR) is 85.8 cm³/mol. The van der Waals surface area contributed by atoms with Crippen molar-refractivity contribution < 1.29 is 14.7 Å². The number of nitrogens with zero attached hydrogens (tertiary/aromatic N) is 3.